The van der Waals surface area contributed by atoms with Crippen LogP contribution in [-0.2, 0) is 14.3 Å². The summed E-state index contributed by atoms with van der Waals surface area (Å²) in [6, 6.07) is 10.9. The summed E-state index contributed by atoms with van der Waals surface area (Å²) >= 11 is 6.22. The number of hydrogen-bond donors (Lipinski definition) is 1. The molecule has 0 bridgehead atoms. The standard InChI is InChI=1S/C20H19ClN2O5/c1-4-19(28-13(3)24)20(25)22-18-10-9-14(23(26)27)11-16(18)12(2)15-7-5-6-8-17(15)21/h5-11,19H,2,4H2,1,3H3,(H,22,25). The third-order valence-electron chi connectivity index (χ3n) is 3.97. The Morgan fingerprint density at radius 3 is 2.50 bits per heavy atom. The van der Waals surface area contributed by atoms with Crippen LogP contribution in [0, 0.1) is 10.1 Å². The van der Waals surface area contributed by atoms with Crippen LogP contribution in [-0.4, -0.2) is 22.9 Å². The number of nitro groups is 1. The third-order valence-corrected chi connectivity index (χ3v) is 4.30. The molecule has 8 heteroatoms. The number of esters is 1. The molecule has 0 saturated carbocycles. The summed E-state index contributed by atoms with van der Waals surface area (Å²) in [5.41, 5.74) is 1.46. The molecule has 1 amide bonds. The number of rotatable bonds is 7. The van der Waals surface area contributed by atoms with Crippen molar-refractivity contribution in [2.24, 2.45) is 0 Å². The van der Waals surface area contributed by atoms with Crippen LogP contribution >= 0.6 is 11.6 Å². The second kappa shape index (κ2) is 9.14. The van der Waals surface area contributed by atoms with Crippen molar-refractivity contribution in [3.05, 3.63) is 75.3 Å². The quantitative estimate of drug-likeness (QED) is 0.415. The summed E-state index contributed by atoms with van der Waals surface area (Å²) in [5, 5.41) is 14.3. The monoisotopic (exact) mass is 402 g/mol. The number of benzene rings is 2. The van der Waals surface area contributed by atoms with Crippen LogP contribution in [0.25, 0.3) is 5.57 Å². The third kappa shape index (κ3) is 4.95. The molecule has 1 N–H and O–H groups in total. The first-order chi connectivity index (χ1) is 13.2. The van der Waals surface area contributed by atoms with Crippen molar-refractivity contribution in [1.82, 2.24) is 0 Å². The van der Waals surface area contributed by atoms with E-state index in [1.807, 2.05) is 0 Å². The molecule has 0 aromatic heterocycles. The second-order valence-corrected chi connectivity index (χ2v) is 6.35. The molecule has 2 aromatic carbocycles. The van der Waals surface area contributed by atoms with E-state index in [2.05, 4.69) is 11.9 Å². The highest BCUT2D eigenvalue weighted by Gasteiger charge is 2.22. The number of nitrogens with zero attached hydrogens (tertiary/aromatic N) is 1. The molecular weight excluding hydrogens is 384 g/mol. The van der Waals surface area contributed by atoms with Crippen molar-refractivity contribution in [1.29, 1.82) is 0 Å². The van der Waals surface area contributed by atoms with Crippen molar-refractivity contribution in [3.63, 3.8) is 0 Å². The zero-order valence-electron chi connectivity index (χ0n) is 15.4. The molecule has 28 heavy (non-hydrogen) atoms. The number of amides is 1. The maximum Gasteiger partial charge on any atom is 0.303 e. The molecule has 0 aliphatic rings. The van der Waals surface area contributed by atoms with E-state index in [4.69, 9.17) is 16.3 Å². The molecule has 146 valence electrons. The van der Waals surface area contributed by atoms with Crippen molar-refractivity contribution in [2.75, 3.05) is 5.32 Å². The summed E-state index contributed by atoms with van der Waals surface area (Å²) < 4.78 is 5.00. The van der Waals surface area contributed by atoms with E-state index in [1.165, 1.54) is 25.1 Å². The fourth-order valence-electron chi connectivity index (χ4n) is 2.59. The molecular formula is C20H19ClN2O5. The van der Waals surface area contributed by atoms with Crippen molar-refractivity contribution >= 4 is 40.4 Å². The van der Waals surface area contributed by atoms with Crippen LogP contribution in [0.1, 0.15) is 31.4 Å². The fraction of sp³-hybridized carbons (Fsp3) is 0.200. The van der Waals surface area contributed by atoms with Gasteiger partial charge in [0.2, 0.25) is 0 Å². The summed E-state index contributed by atoms with van der Waals surface area (Å²) in [7, 11) is 0. The molecule has 2 aromatic rings. The first-order valence-electron chi connectivity index (χ1n) is 8.45. The minimum atomic E-state index is -0.978. The maximum atomic E-state index is 12.5. The van der Waals surface area contributed by atoms with E-state index in [9.17, 15) is 19.7 Å². The Bertz CT molecular complexity index is 942. The Labute approximate surface area is 167 Å². The summed E-state index contributed by atoms with van der Waals surface area (Å²) in [6.45, 7) is 6.91. The van der Waals surface area contributed by atoms with Gasteiger partial charge in [-0.2, -0.15) is 0 Å². The minimum absolute atomic E-state index is 0.159. The smallest absolute Gasteiger partial charge is 0.303 e. The lowest BCUT2D eigenvalue weighted by molar-refractivity contribution is -0.384. The van der Waals surface area contributed by atoms with E-state index in [-0.39, 0.29) is 12.1 Å². The highest BCUT2D eigenvalue weighted by Crippen LogP contribution is 2.34. The summed E-state index contributed by atoms with van der Waals surface area (Å²) in [5.74, 6) is -1.12. The van der Waals surface area contributed by atoms with E-state index in [0.717, 1.165) is 0 Å². The zero-order chi connectivity index (χ0) is 20.8. The predicted molar refractivity (Wildman–Crippen MR) is 107 cm³/mol. The number of non-ortho nitro benzene ring substituents is 1. The molecule has 0 spiro atoms. The average molecular weight is 403 g/mol. The molecule has 0 fully saturated rings. The molecule has 0 aliphatic heterocycles. The average Bonchev–Trinajstić information content (AvgIpc) is 2.65. The molecule has 1 unspecified atom stereocenters. The van der Waals surface area contributed by atoms with Gasteiger partial charge in [0.15, 0.2) is 6.10 Å². The normalized spacial score (nSPS) is 11.4. The SMILES string of the molecule is C=C(c1ccccc1Cl)c1cc([N+](=O)[O-])ccc1NC(=O)C(CC)OC(C)=O. The lowest BCUT2D eigenvalue weighted by atomic mass is 9.97. The van der Waals surface area contributed by atoms with Gasteiger partial charge in [-0.25, -0.2) is 0 Å². The Hall–Kier alpha value is -3.19. The van der Waals surface area contributed by atoms with E-state index >= 15 is 0 Å². The van der Waals surface area contributed by atoms with Gasteiger partial charge < -0.3 is 10.1 Å². The lowest BCUT2D eigenvalue weighted by Crippen LogP contribution is -2.31. The number of hydrogen-bond acceptors (Lipinski definition) is 5. The van der Waals surface area contributed by atoms with Gasteiger partial charge in [0.25, 0.3) is 11.6 Å². The van der Waals surface area contributed by atoms with Crippen LogP contribution in [0.2, 0.25) is 5.02 Å². The first-order valence-corrected chi connectivity index (χ1v) is 8.83. The number of nitro benzene ring substituents is 1. The van der Waals surface area contributed by atoms with Crippen molar-refractivity contribution < 1.29 is 19.2 Å². The molecule has 0 heterocycles. The highest BCUT2D eigenvalue weighted by atomic mass is 35.5. The van der Waals surface area contributed by atoms with Crippen LogP contribution in [0.15, 0.2) is 49.0 Å². The predicted octanol–water partition coefficient (Wildman–Crippen LogP) is 4.59. The molecule has 0 radical (unpaired) electrons. The highest BCUT2D eigenvalue weighted by molar-refractivity contribution is 6.32. The van der Waals surface area contributed by atoms with Crippen molar-refractivity contribution in [3.8, 4) is 0 Å². The number of nitrogens with one attached hydrogen (secondary N) is 1. The van der Waals surface area contributed by atoms with Crippen molar-refractivity contribution in [2.45, 2.75) is 26.4 Å². The number of carbonyl (C=O) groups excluding carboxylic acids is 2. The molecule has 7 nitrogen and oxygen atoms in total. The van der Waals surface area contributed by atoms with Gasteiger partial charge in [-0.05, 0) is 24.1 Å². The van der Waals surface area contributed by atoms with Crippen LogP contribution in [0.3, 0.4) is 0 Å². The summed E-state index contributed by atoms with van der Waals surface area (Å²) in [4.78, 5) is 34.3. The number of halogens is 1. The van der Waals surface area contributed by atoms with Gasteiger partial charge in [0, 0.05) is 40.9 Å². The number of anilines is 1. The summed E-state index contributed by atoms with van der Waals surface area (Å²) in [6.07, 6.45) is -0.701. The molecule has 2 rings (SSSR count). The fourth-order valence-corrected chi connectivity index (χ4v) is 2.84. The van der Waals surface area contributed by atoms with Crippen LogP contribution in [0.4, 0.5) is 11.4 Å². The zero-order valence-corrected chi connectivity index (χ0v) is 16.2. The van der Waals surface area contributed by atoms with Gasteiger partial charge >= 0.3 is 5.97 Å². The van der Waals surface area contributed by atoms with E-state index < -0.39 is 22.9 Å². The number of carbonyl (C=O) groups is 2. The molecule has 0 saturated heterocycles. The van der Waals surface area contributed by atoms with Gasteiger partial charge in [0.1, 0.15) is 0 Å². The minimum Gasteiger partial charge on any atom is -0.452 e. The maximum absolute atomic E-state index is 12.5. The van der Waals surface area contributed by atoms with Gasteiger partial charge in [0.05, 0.1) is 4.92 Å². The van der Waals surface area contributed by atoms with Crippen LogP contribution in [0.5, 0.6) is 0 Å². The largest absolute Gasteiger partial charge is 0.452 e. The Morgan fingerprint density at radius 1 is 1.25 bits per heavy atom. The van der Waals surface area contributed by atoms with E-state index in [1.54, 1.807) is 31.2 Å². The van der Waals surface area contributed by atoms with E-state index in [0.29, 0.717) is 27.4 Å². The van der Waals surface area contributed by atoms with Gasteiger partial charge in [-0.3, -0.25) is 19.7 Å². The first kappa shape index (κ1) is 21.1. The molecule has 1 atom stereocenters. The topological polar surface area (TPSA) is 98.5 Å². The van der Waals surface area contributed by atoms with Crippen LogP contribution < -0.4 is 5.32 Å². The second-order valence-electron chi connectivity index (χ2n) is 5.94. The van der Waals surface area contributed by atoms with Gasteiger partial charge in [-0.15, -0.1) is 0 Å². The number of ether oxygens (including phenoxy) is 1. The lowest BCUT2D eigenvalue weighted by Gasteiger charge is -2.18. The van der Waals surface area contributed by atoms with Gasteiger partial charge in [-0.1, -0.05) is 43.3 Å². The Balaban J connectivity index is 2.46. The Morgan fingerprint density at radius 2 is 1.93 bits per heavy atom. The Kier molecular flexibility index (Phi) is 6.89. The molecule has 0 aliphatic carbocycles.